The molecule has 0 aliphatic heterocycles. The van der Waals surface area contributed by atoms with Crippen LogP contribution in [0, 0.1) is 0 Å². The van der Waals surface area contributed by atoms with Crippen molar-refractivity contribution in [2.24, 2.45) is 0 Å². The molecule has 1 amide bonds. The zero-order chi connectivity index (χ0) is 16.2. The number of rotatable bonds is 5. The normalized spacial score (nSPS) is 11.9. The number of carbonyl (C=O) groups excluding carboxylic acids is 1. The Labute approximate surface area is 132 Å². The third kappa shape index (κ3) is 3.23. The first kappa shape index (κ1) is 14.8. The van der Waals surface area contributed by atoms with Gasteiger partial charge in [0.1, 0.15) is 18.1 Å². The zero-order valence-corrected chi connectivity index (χ0v) is 12.6. The molecule has 2 aromatic heterocycles. The summed E-state index contributed by atoms with van der Waals surface area (Å²) >= 11 is 0. The number of nitrogens with one attached hydrogen (secondary N) is 1. The van der Waals surface area contributed by atoms with Crippen molar-refractivity contribution in [1.29, 1.82) is 0 Å². The van der Waals surface area contributed by atoms with E-state index in [4.69, 9.17) is 13.7 Å². The second-order valence-corrected chi connectivity index (χ2v) is 4.89. The molecular formula is C16H15N3O4. The predicted octanol–water partition coefficient (Wildman–Crippen LogP) is 2.83. The molecule has 1 atom stereocenters. The molecule has 0 aliphatic rings. The van der Waals surface area contributed by atoms with E-state index in [0.717, 1.165) is 11.3 Å². The molecule has 0 saturated heterocycles. The van der Waals surface area contributed by atoms with Crippen LogP contribution in [-0.4, -0.2) is 23.2 Å². The minimum atomic E-state index is -0.420. The van der Waals surface area contributed by atoms with E-state index >= 15 is 0 Å². The van der Waals surface area contributed by atoms with Crippen LogP contribution in [0.15, 0.2) is 51.8 Å². The minimum absolute atomic E-state index is 0.268. The molecule has 3 aromatic rings. The highest BCUT2D eigenvalue weighted by atomic mass is 16.5. The number of nitrogens with zero attached hydrogens (tertiary/aromatic N) is 2. The van der Waals surface area contributed by atoms with Crippen LogP contribution in [0.4, 0.5) is 0 Å². The largest absolute Gasteiger partial charge is 0.497 e. The van der Waals surface area contributed by atoms with Crippen LogP contribution in [-0.2, 0) is 0 Å². The quantitative estimate of drug-likeness (QED) is 0.779. The fraction of sp³-hybridized carbons (Fsp3) is 0.188. The number of carbonyl (C=O) groups is 1. The molecule has 23 heavy (non-hydrogen) atoms. The van der Waals surface area contributed by atoms with E-state index in [-0.39, 0.29) is 5.91 Å². The predicted molar refractivity (Wildman–Crippen MR) is 80.9 cm³/mol. The zero-order valence-electron chi connectivity index (χ0n) is 12.6. The Morgan fingerprint density at radius 1 is 1.26 bits per heavy atom. The molecule has 1 unspecified atom stereocenters. The van der Waals surface area contributed by atoms with E-state index in [1.807, 2.05) is 24.3 Å². The van der Waals surface area contributed by atoms with Gasteiger partial charge < -0.3 is 19.0 Å². The van der Waals surface area contributed by atoms with Crippen molar-refractivity contribution in [3.8, 4) is 17.1 Å². The summed E-state index contributed by atoms with van der Waals surface area (Å²) in [5, 5.41) is 6.70. The third-order valence-corrected chi connectivity index (χ3v) is 3.29. The lowest BCUT2D eigenvalue weighted by Gasteiger charge is -2.07. The first-order chi connectivity index (χ1) is 11.2. The average Bonchev–Trinajstić information content (AvgIpc) is 3.26. The topological polar surface area (TPSA) is 90.4 Å². The van der Waals surface area contributed by atoms with Gasteiger partial charge in [0, 0.05) is 5.56 Å². The van der Waals surface area contributed by atoms with Crippen molar-refractivity contribution in [2.45, 2.75) is 13.0 Å². The number of furan rings is 1. The number of methoxy groups -OCH3 is 1. The lowest BCUT2D eigenvalue weighted by molar-refractivity contribution is 0.0932. The van der Waals surface area contributed by atoms with Crippen molar-refractivity contribution < 1.29 is 18.5 Å². The highest BCUT2D eigenvalue weighted by molar-refractivity contribution is 5.93. The maximum atomic E-state index is 12.0. The van der Waals surface area contributed by atoms with E-state index in [9.17, 15) is 4.79 Å². The van der Waals surface area contributed by atoms with Crippen molar-refractivity contribution in [1.82, 2.24) is 15.5 Å². The maximum absolute atomic E-state index is 12.0. The monoisotopic (exact) mass is 313 g/mol. The summed E-state index contributed by atoms with van der Waals surface area (Å²) in [6.07, 6.45) is 2.81. The SMILES string of the molecule is COc1ccc(-c2noc(C(C)NC(=O)c3ccoc3)n2)cc1. The van der Waals surface area contributed by atoms with Crippen LogP contribution >= 0.6 is 0 Å². The molecule has 1 aromatic carbocycles. The van der Waals surface area contributed by atoms with Crippen LogP contribution < -0.4 is 10.1 Å². The van der Waals surface area contributed by atoms with Crippen LogP contribution in [0.2, 0.25) is 0 Å². The van der Waals surface area contributed by atoms with Crippen LogP contribution in [0.5, 0.6) is 5.75 Å². The van der Waals surface area contributed by atoms with Gasteiger partial charge in [0.25, 0.3) is 5.91 Å². The van der Waals surface area contributed by atoms with Gasteiger partial charge in [-0.05, 0) is 37.3 Å². The summed E-state index contributed by atoms with van der Waals surface area (Å²) in [7, 11) is 1.60. The smallest absolute Gasteiger partial charge is 0.255 e. The Kier molecular flexibility index (Phi) is 4.09. The summed E-state index contributed by atoms with van der Waals surface area (Å²) in [6.45, 7) is 1.77. The van der Waals surface area contributed by atoms with E-state index in [1.54, 1.807) is 20.1 Å². The average molecular weight is 313 g/mol. The van der Waals surface area contributed by atoms with Crippen molar-refractivity contribution in [2.75, 3.05) is 7.11 Å². The summed E-state index contributed by atoms with van der Waals surface area (Å²) in [5.74, 6) is 1.26. The molecule has 1 N–H and O–H groups in total. The van der Waals surface area contributed by atoms with Gasteiger partial charge in [-0.2, -0.15) is 4.98 Å². The lowest BCUT2D eigenvalue weighted by atomic mass is 10.2. The fourth-order valence-corrected chi connectivity index (χ4v) is 2.00. The van der Waals surface area contributed by atoms with E-state index in [0.29, 0.717) is 17.3 Å². The second-order valence-electron chi connectivity index (χ2n) is 4.89. The summed E-state index contributed by atoms with van der Waals surface area (Å²) in [5.41, 5.74) is 1.24. The Balaban J connectivity index is 1.71. The standard InChI is InChI=1S/C16H15N3O4/c1-10(17-15(20)12-7-8-22-9-12)16-18-14(19-23-16)11-3-5-13(21-2)6-4-11/h3-10H,1-2H3,(H,17,20). The van der Waals surface area contributed by atoms with Crippen LogP contribution in [0.1, 0.15) is 29.2 Å². The molecular weight excluding hydrogens is 298 g/mol. The lowest BCUT2D eigenvalue weighted by Crippen LogP contribution is -2.26. The van der Waals surface area contributed by atoms with Crippen molar-refractivity contribution in [3.05, 3.63) is 54.3 Å². The summed E-state index contributed by atoms with van der Waals surface area (Å²) in [4.78, 5) is 16.3. The molecule has 118 valence electrons. The minimum Gasteiger partial charge on any atom is -0.497 e. The molecule has 7 heteroatoms. The molecule has 3 rings (SSSR count). The van der Waals surface area contributed by atoms with Crippen LogP contribution in [0.25, 0.3) is 11.4 Å². The first-order valence-electron chi connectivity index (χ1n) is 6.98. The van der Waals surface area contributed by atoms with Gasteiger partial charge in [-0.15, -0.1) is 0 Å². The molecule has 0 fully saturated rings. The number of benzene rings is 1. The Morgan fingerprint density at radius 3 is 2.70 bits per heavy atom. The van der Waals surface area contributed by atoms with Crippen molar-refractivity contribution >= 4 is 5.91 Å². The number of amides is 1. The molecule has 0 radical (unpaired) electrons. The Morgan fingerprint density at radius 2 is 2.04 bits per heavy atom. The van der Waals surface area contributed by atoms with Gasteiger partial charge in [0.15, 0.2) is 0 Å². The van der Waals surface area contributed by atoms with Gasteiger partial charge in [-0.1, -0.05) is 5.16 Å². The fourth-order valence-electron chi connectivity index (χ4n) is 2.00. The molecule has 0 saturated carbocycles. The number of hydrogen-bond donors (Lipinski definition) is 1. The van der Waals surface area contributed by atoms with Gasteiger partial charge in [-0.25, -0.2) is 0 Å². The highest BCUT2D eigenvalue weighted by Crippen LogP contribution is 2.21. The molecule has 0 aliphatic carbocycles. The number of hydrogen-bond acceptors (Lipinski definition) is 6. The maximum Gasteiger partial charge on any atom is 0.255 e. The van der Waals surface area contributed by atoms with Gasteiger partial charge in [0.2, 0.25) is 11.7 Å². The van der Waals surface area contributed by atoms with Gasteiger partial charge >= 0.3 is 0 Å². The summed E-state index contributed by atoms with van der Waals surface area (Å²) in [6, 6.07) is 8.46. The Bertz CT molecular complexity index is 778. The van der Waals surface area contributed by atoms with Gasteiger partial charge in [0.05, 0.1) is 18.9 Å². The molecule has 2 heterocycles. The van der Waals surface area contributed by atoms with Crippen molar-refractivity contribution in [3.63, 3.8) is 0 Å². The molecule has 7 nitrogen and oxygen atoms in total. The van der Waals surface area contributed by atoms with Gasteiger partial charge in [-0.3, -0.25) is 4.79 Å². The Hall–Kier alpha value is -3.09. The first-order valence-corrected chi connectivity index (χ1v) is 6.98. The van der Waals surface area contributed by atoms with E-state index in [1.165, 1.54) is 12.5 Å². The second kappa shape index (κ2) is 6.35. The molecule has 0 spiro atoms. The molecule has 0 bridgehead atoms. The highest BCUT2D eigenvalue weighted by Gasteiger charge is 2.18. The number of aromatic nitrogens is 2. The van der Waals surface area contributed by atoms with Crippen LogP contribution in [0.3, 0.4) is 0 Å². The van der Waals surface area contributed by atoms with E-state index in [2.05, 4.69) is 15.5 Å². The third-order valence-electron chi connectivity index (χ3n) is 3.29. The number of ether oxygens (including phenoxy) is 1. The summed E-state index contributed by atoms with van der Waals surface area (Å²) < 4.78 is 15.2. The van der Waals surface area contributed by atoms with E-state index < -0.39 is 6.04 Å².